The third kappa shape index (κ3) is 3.80. The highest BCUT2D eigenvalue weighted by Gasteiger charge is 2.24. The Bertz CT molecular complexity index is 425. The van der Waals surface area contributed by atoms with E-state index >= 15 is 0 Å². The SMILES string of the molecule is O=C(Cc1cccc(Br)c1)NCC1CNCC1O. The summed E-state index contributed by atoms with van der Waals surface area (Å²) in [5.74, 6) is 0.114. The Morgan fingerprint density at radius 3 is 3.00 bits per heavy atom. The van der Waals surface area contributed by atoms with E-state index in [1.54, 1.807) is 0 Å². The molecule has 0 aromatic heterocycles. The molecule has 2 rings (SSSR count). The van der Waals surface area contributed by atoms with Crippen molar-refractivity contribution < 1.29 is 9.90 Å². The van der Waals surface area contributed by atoms with Gasteiger partial charge < -0.3 is 15.7 Å². The minimum atomic E-state index is -0.351. The van der Waals surface area contributed by atoms with E-state index in [1.807, 2.05) is 24.3 Å². The van der Waals surface area contributed by atoms with Gasteiger partial charge in [-0.3, -0.25) is 4.79 Å². The first-order valence-electron chi connectivity index (χ1n) is 6.05. The first-order chi connectivity index (χ1) is 8.65. The molecule has 3 N–H and O–H groups in total. The monoisotopic (exact) mass is 312 g/mol. The molecule has 18 heavy (non-hydrogen) atoms. The van der Waals surface area contributed by atoms with E-state index in [9.17, 15) is 9.90 Å². The molecule has 1 aliphatic rings. The molecule has 1 aromatic carbocycles. The molecule has 1 aliphatic heterocycles. The number of halogens is 1. The summed E-state index contributed by atoms with van der Waals surface area (Å²) in [7, 11) is 0. The second-order valence-corrected chi connectivity index (χ2v) is 5.51. The van der Waals surface area contributed by atoms with Gasteiger partial charge in [0, 0.05) is 30.0 Å². The maximum Gasteiger partial charge on any atom is 0.224 e. The fourth-order valence-corrected chi connectivity index (χ4v) is 2.51. The van der Waals surface area contributed by atoms with Crippen molar-refractivity contribution >= 4 is 21.8 Å². The Labute approximate surface area is 115 Å². The van der Waals surface area contributed by atoms with Crippen molar-refractivity contribution in [2.75, 3.05) is 19.6 Å². The van der Waals surface area contributed by atoms with Gasteiger partial charge in [-0.25, -0.2) is 0 Å². The molecule has 4 nitrogen and oxygen atoms in total. The first kappa shape index (κ1) is 13.5. The largest absolute Gasteiger partial charge is 0.391 e. The maximum atomic E-state index is 11.8. The van der Waals surface area contributed by atoms with Gasteiger partial charge in [-0.05, 0) is 17.7 Å². The van der Waals surface area contributed by atoms with E-state index in [2.05, 4.69) is 26.6 Å². The number of aliphatic hydroxyl groups excluding tert-OH is 1. The van der Waals surface area contributed by atoms with Gasteiger partial charge in [0.15, 0.2) is 0 Å². The highest BCUT2D eigenvalue weighted by Crippen LogP contribution is 2.12. The Morgan fingerprint density at radius 1 is 1.50 bits per heavy atom. The third-order valence-electron chi connectivity index (χ3n) is 3.12. The molecule has 1 heterocycles. The smallest absolute Gasteiger partial charge is 0.224 e. The molecule has 5 heteroatoms. The fraction of sp³-hybridized carbons (Fsp3) is 0.462. The van der Waals surface area contributed by atoms with Crippen molar-refractivity contribution in [2.45, 2.75) is 12.5 Å². The van der Waals surface area contributed by atoms with Crippen LogP contribution in [0.3, 0.4) is 0 Å². The van der Waals surface area contributed by atoms with Crippen LogP contribution in [0.4, 0.5) is 0 Å². The molecule has 2 unspecified atom stereocenters. The van der Waals surface area contributed by atoms with Crippen LogP contribution in [-0.4, -0.2) is 36.8 Å². The zero-order chi connectivity index (χ0) is 13.0. The zero-order valence-corrected chi connectivity index (χ0v) is 11.6. The number of benzene rings is 1. The second-order valence-electron chi connectivity index (χ2n) is 4.60. The summed E-state index contributed by atoms with van der Waals surface area (Å²) in [6.45, 7) is 1.91. The molecule has 98 valence electrons. The molecule has 1 amide bonds. The molecule has 2 atom stereocenters. The first-order valence-corrected chi connectivity index (χ1v) is 6.84. The van der Waals surface area contributed by atoms with Gasteiger partial charge in [0.1, 0.15) is 0 Å². The van der Waals surface area contributed by atoms with Crippen molar-refractivity contribution in [3.8, 4) is 0 Å². The van der Waals surface area contributed by atoms with Gasteiger partial charge in [0.2, 0.25) is 5.91 Å². The van der Waals surface area contributed by atoms with Gasteiger partial charge in [-0.15, -0.1) is 0 Å². The van der Waals surface area contributed by atoms with E-state index in [1.165, 1.54) is 0 Å². The lowest BCUT2D eigenvalue weighted by atomic mass is 10.1. The van der Waals surface area contributed by atoms with Crippen molar-refractivity contribution in [1.29, 1.82) is 0 Å². The van der Waals surface area contributed by atoms with E-state index in [4.69, 9.17) is 0 Å². The van der Waals surface area contributed by atoms with Crippen LogP contribution in [0.15, 0.2) is 28.7 Å². The molecule has 1 aromatic rings. The molecular formula is C13H17BrN2O2. The highest BCUT2D eigenvalue weighted by atomic mass is 79.9. The number of hydrogen-bond acceptors (Lipinski definition) is 3. The number of hydrogen-bond donors (Lipinski definition) is 3. The van der Waals surface area contributed by atoms with E-state index < -0.39 is 0 Å². The molecule has 0 saturated carbocycles. The van der Waals surface area contributed by atoms with E-state index in [0.29, 0.717) is 19.5 Å². The second kappa shape index (κ2) is 6.31. The zero-order valence-electron chi connectivity index (χ0n) is 10.0. The molecule has 0 radical (unpaired) electrons. The van der Waals surface area contributed by atoms with Crippen LogP contribution in [0.2, 0.25) is 0 Å². The van der Waals surface area contributed by atoms with Crippen molar-refractivity contribution in [3.05, 3.63) is 34.3 Å². The summed E-state index contributed by atoms with van der Waals surface area (Å²) in [4.78, 5) is 11.8. The quantitative estimate of drug-likeness (QED) is 0.766. The lowest BCUT2D eigenvalue weighted by Gasteiger charge is -2.14. The van der Waals surface area contributed by atoms with Crippen LogP contribution >= 0.6 is 15.9 Å². The third-order valence-corrected chi connectivity index (χ3v) is 3.61. The predicted octanol–water partition coefficient (Wildman–Crippen LogP) is 0.688. The topological polar surface area (TPSA) is 61.4 Å². The molecule has 0 aliphatic carbocycles. The number of rotatable bonds is 4. The summed E-state index contributed by atoms with van der Waals surface area (Å²) in [6, 6.07) is 7.71. The highest BCUT2D eigenvalue weighted by molar-refractivity contribution is 9.10. The fourth-order valence-electron chi connectivity index (χ4n) is 2.07. The minimum absolute atomic E-state index is 0.00722. The molecule has 1 saturated heterocycles. The van der Waals surface area contributed by atoms with Gasteiger partial charge in [0.25, 0.3) is 0 Å². The number of carbonyl (C=O) groups is 1. The van der Waals surface area contributed by atoms with Crippen molar-refractivity contribution in [2.24, 2.45) is 5.92 Å². The van der Waals surface area contributed by atoms with E-state index in [0.717, 1.165) is 16.6 Å². The minimum Gasteiger partial charge on any atom is -0.391 e. The van der Waals surface area contributed by atoms with Crippen molar-refractivity contribution in [1.82, 2.24) is 10.6 Å². The normalized spacial score (nSPS) is 23.0. The number of nitrogens with one attached hydrogen (secondary N) is 2. The average molecular weight is 313 g/mol. The van der Waals surface area contributed by atoms with Crippen LogP contribution in [0.5, 0.6) is 0 Å². The number of β-amino-alcohol motifs (C(OH)–C–C–N with tert-alkyl or cyclic N) is 1. The summed E-state index contributed by atoms with van der Waals surface area (Å²) >= 11 is 3.38. The molecule has 0 bridgehead atoms. The molecule has 0 spiro atoms. The number of carbonyl (C=O) groups excluding carboxylic acids is 1. The van der Waals surface area contributed by atoms with Crippen LogP contribution in [0.1, 0.15) is 5.56 Å². The van der Waals surface area contributed by atoms with Gasteiger partial charge in [0.05, 0.1) is 12.5 Å². The Balaban J connectivity index is 1.78. The summed E-state index contributed by atoms with van der Waals surface area (Å²) in [5, 5.41) is 15.6. The Kier molecular flexibility index (Phi) is 4.74. The average Bonchev–Trinajstić information content (AvgIpc) is 2.72. The summed E-state index contributed by atoms with van der Waals surface area (Å²) < 4.78 is 0.975. The predicted molar refractivity (Wildman–Crippen MR) is 73.2 cm³/mol. The van der Waals surface area contributed by atoms with Crippen molar-refractivity contribution in [3.63, 3.8) is 0 Å². The van der Waals surface area contributed by atoms with E-state index in [-0.39, 0.29) is 17.9 Å². The Hall–Kier alpha value is -0.910. The van der Waals surface area contributed by atoms with Crippen LogP contribution < -0.4 is 10.6 Å². The standard InChI is InChI=1S/C13H17BrN2O2/c14-11-3-1-2-9(4-11)5-13(18)16-7-10-6-15-8-12(10)17/h1-4,10,12,15,17H,5-8H2,(H,16,18). The maximum absolute atomic E-state index is 11.8. The Morgan fingerprint density at radius 2 is 2.33 bits per heavy atom. The van der Waals surface area contributed by atoms with Gasteiger partial charge in [-0.1, -0.05) is 28.1 Å². The van der Waals surface area contributed by atoms with Gasteiger partial charge in [-0.2, -0.15) is 0 Å². The lowest BCUT2D eigenvalue weighted by Crippen LogP contribution is -2.35. The van der Waals surface area contributed by atoms with Crippen LogP contribution in [0.25, 0.3) is 0 Å². The number of aliphatic hydroxyl groups is 1. The molecule has 1 fully saturated rings. The molecular weight excluding hydrogens is 296 g/mol. The summed E-state index contributed by atoms with van der Waals surface area (Å²) in [5.41, 5.74) is 0.979. The lowest BCUT2D eigenvalue weighted by molar-refractivity contribution is -0.120. The van der Waals surface area contributed by atoms with Crippen LogP contribution in [0, 0.1) is 5.92 Å². The summed E-state index contributed by atoms with van der Waals surface area (Å²) in [6.07, 6.45) is 0.0199. The van der Waals surface area contributed by atoms with Crippen LogP contribution in [-0.2, 0) is 11.2 Å². The number of amides is 1. The van der Waals surface area contributed by atoms with Gasteiger partial charge >= 0.3 is 0 Å².